The molecule has 18 heavy (non-hydrogen) atoms. The van der Waals surface area contributed by atoms with Crippen LogP contribution < -0.4 is 5.32 Å². The van der Waals surface area contributed by atoms with E-state index < -0.39 is 5.97 Å². The molecule has 0 atom stereocenters. The minimum Gasteiger partial charge on any atom is -0.478 e. The molecule has 1 aromatic heterocycles. The van der Waals surface area contributed by atoms with Crippen LogP contribution in [-0.4, -0.2) is 35.3 Å². The van der Waals surface area contributed by atoms with Crippen LogP contribution in [0.15, 0.2) is 6.07 Å². The van der Waals surface area contributed by atoms with Gasteiger partial charge >= 0.3 is 5.97 Å². The van der Waals surface area contributed by atoms with Crippen molar-refractivity contribution in [3.63, 3.8) is 0 Å². The summed E-state index contributed by atoms with van der Waals surface area (Å²) in [6, 6.07) is 1.74. The summed E-state index contributed by atoms with van der Waals surface area (Å²) in [5.74, 6) is -0.974. The molecule has 0 aliphatic carbocycles. The highest BCUT2D eigenvalue weighted by Crippen LogP contribution is 2.21. The van der Waals surface area contributed by atoms with Gasteiger partial charge in [-0.05, 0) is 33.8 Å². The lowest BCUT2D eigenvalue weighted by molar-refractivity contribution is 0.0343. The van der Waals surface area contributed by atoms with Crippen molar-refractivity contribution in [1.29, 1.82) is 0 Å². The van der Waals surface area contributed by atoms with E-state index in [1.165, 1.54) is 0 Å². The lowest BCUT2D eigenvalue weighted by Crippen LogP contribution is -2.32. The van der Waals surface area contributed by atoms with Crippen LogP contribution in [0.1, 0.15) is 35.6 Å². The van der Waals surface area contributed by atoms with Gasteiger partial charge in [-0.1, -0.05) is 0 Å². The van der Waals surface area contributed by atoms with Crippen molar-refractivity contribution in [2.24, 2.45) is 0 Å². The predicted molar refractivity (Wildman–Crippen MR) is 70.2 cm³/mol. The fraction of sp³-hybridized carbons (Fsp3) is 0.538. The third-order valence-corrected chi connectivity index (χ3v) is 2.80. The van der Waals surface area contributed by atoms with E-state index in [-0.39, 0.29) is 11.2 Å². The Morgan fingerprint density at radius 1 is 1.50 bits per heavy atom. The number of hydrogen-bond donors (Lipinski definition) is 2. The summed E-state index contributed by atoms with van der Waals surface area (Å²) in [6.07, 6.45) is 0. The quantitative estimate of drug-likeness (QED) is 0.840. The van der Waals surface area contributed by atoms with Gasteiger partial charge in [0.2, 0.25) is 0 Å². The van der Waals surface area contributed by atoms with Crippen molar-refractivity contribution in [2.75, 3.05) is 19.0 Å². The van der Waals surface area contributed by atoms with Crippen LogP contribution in [-0.2, 0) is 4.74 Å². The molecule has 5 heteroatoms. The number of anilines is 1. The van der Waals surface area contributed by atoms with Crippen LogP contribution in [0.4, 0.5) is 5.69 Å². The number of ether oxygens (including phenoxy) is 1. The molecular weight excluding hydrogens is 232 g/mol. The zero-order valence-corrected chi connectivity index (χ0v) is 11.5. The molecule has 0 aliphatic rings. The van der Waals surface area contributed by atoms with Gasteiger partial charge in [0, 0.05) is 19.3 Å². The first-order chi connectivity index (χ1) is 8.26. The van der Waals surface area contributed by atoms with Gasteiger partial charge in [-0.2, -0.15) is 0 Å². The maximum atomic E-state index is 11.2. The fourth-order valence-corrected chi connectivity index (χ4v) is 1.62. The average Bonchev–Trinajstić information content (AvgIpc) is 2.25. The standard InChI is InChI=1S/C13H20N2O3/c1-8-6-10(14-7-13(3,4)18-5)11(12(16)17)9(2)15-8/h6H,7H2,1-5H3,(H,14,15)(H,16,17). The molecule has 5 nitrogen and oxygen atoms in total. The van der Waals surface area contributed by atoms with Gasteiger partial charge in [0.15, 0.2) is 0 Å². The SMILES string of the molecule is COC(C)(C)CNc1cc(C)nc(C)c1C(=O)O. The van der Waals surface area contributed by atoms with Crippen molar-refractivity contribution >= 4 is 11.7 Å². The maximum absolute atomic E-state index is 11.2. The third-order valence-electron chi connectivity index (χ3n) is 2.80. The molecule has 1 heterocycles. The van der Waals surface area contributed by atoms with Crippen molar-refractivity contribution < 1.29 is 14.6 Å². The summed E-state index contributed by atoms with van der Waals surface area (Å²) >= 11 is 0. The van der Waals surface area contributed by atoms with Gasteiger partial charge in [0.05, 0.1) is 17.0 Å². The Morgan fingerprint density at radius 2 is 2.11 bits per heavy atom. The lowest BCUT2D eigenvalue weighted by Gasteiger charge is -2.24. The first-order valence-corrected chi connectivity index (χ1v) is 5.77. The molecule has 0 bridgehead atoms. The summed E-state index contributed by atoms with van der Waals surface area (Å²) in [5.41, 5.74) is 1.74. The normalized spacial score (nSPS) is 11.4. The second kappa shape index (κ2) is 5.35. The molecule has 0 spiro atoms. The summed E-state index contributed by atoms with van der Waals surface area (Å²) in [6.45, 7) is 7.92. The Morgan fingerprint density at radius 3 is 2.61 bits per heavy atom. The topological polar surface area (TPSA) is 71.5 Å². The van der Waals surface area contributed by atoms with E-state index in [4.69, 9.17) is 4.74 Å². The summed E-state index contributed by atoms with van der Waals surface area (Å²) in [4.78, 5) is 15.4. The second-order valence-electron chi connectivity index (χ2n) is 4.89. The molecule has 1 aromatic rings. The zero-order chi connectivity index (χ0) is 13.9. The number of nitrogens with one attached hydrogen (secondary N) is 1. The number of aromatic carboxylic acids is 1. The first kappa shape index (κ1) is 14.4. The van der Waals surface area contributed by atoms with Gasteiger partial charge in [-0.3, -0.25) is 4.98 Å². The van der Waals surface area contributed by atoms with E-state index in [9.17, 15) is 9.90 Å². The summed E-state index contributed by atoms with van der Waals surface area (Å²) in [7, 11) is 1.63. The highest BCUT2D eigenvalue weighted by atomic mass is 16.5. The number of aromatic nitrogens is 1. The smallest absolute Gasteiger partial charge is 0.339 e. The predicted octanol–water partition coefficient (Wildman–Crippen LogP) is 2.23. The van der Waals surface area contributed by atoms with Gasteiger partial charge < -0.3 is 15.2 Å². The van der Waals surface area contributed by atoms with Crippen LogP contribution in [0.2, 0.25) is 0 Å². The highest BCUT2D eigenvalue weighted by molar-refractivity contribution is 5.95. The van der Waals surface area contributed by atoms with Crippen molar-refractivity contribution in [2.45, 2.75) is 33.3 Å². The van der Waals surface area contributed by atoms with Crippen molar-refractivity contribution in [1.82, 2.24) is 4.98 Å². The Labute approximate surface area is 107 Å². The van der Waals surface area contributed by atoms with Crippen molar-refractivity contribution in [3.8, 4) is 0 Å². The van der Waals surface area contributed by atoms with Gasteiger partial charge in [0.1, 0.15) is 5.56 Å². The van der Waals surface area contributed by atoms with Gasteiger partial charge in [-0.25, -0.2) is 4.79 Å². The molecule has 0 aromatic carbocycles. The number of carboxylic acid groups (broad SMARTS) is 1. The molecule has 0 saturated heterocycles. The molecule has 0 saturated carbocycles. The molecule has 0 amide bonds. The van der Waals surface area contributed by atoms with Crippen LogP contribution in [0, 0.1) is 13.8 Å². The monoisotopic (exact) mass is 252 g/mol. The largest absolute Gasteiger partial charge is 0.478 e. The van der Waals surface area contributed by atoms with E-state index in [1.807, 2.05) is 20.8 Å². The summed E-state index contributed by atoms with van der Waals surface area (Å²) < 4.78 is 5.29. The Kier molecular flexibility index (Phi) is 4.29. The van der Waals surface area contributed by atoms with Crippen molar-refractivity contribution in [3.05, 3.63) is 23.0 Å². The first-order valence-electron chi connectivity index (χ1n) is 5.77. The molecule has 1 rings (SSSR count). The Balaban J connectivity index is 3.04. The Hall–Kier alpha value is -1.62. The molecular formula is C13H20N2O3. The van der Waals surface area contributed by atoms with E-state index in [1.54, 1.807) is 20.1 Å². The minimum absolute atomic E-state index is 0.215. The highest BCUT2D eigenvalue weighted by Gasteiger charge is 2.19. The van der Waals surface area contributed by atoms with E-state index >= 15 is 0 Å². The third kappa shape index (κ3) is 3.43. The molecule has 0 unspecified atom stereocenters. The molecule has 0 radical (unpaired) electrons. The number of nitrogens with zero attached hydrogens (tertiary/aromatic N) is 1. The number of pyridine rings is 1. The van der Waals surface area contributed by atoms with E-state index in [2.05, 4.69) is 10.3 Å². The second-order valence-corrected chi connectivity index (χ2v) is 4.89. The fourth-order valence-electron chi connectivity index (χ4n) is 1.62. The number of hydrogen-bond acceptors (Lipinski definition) is 4. The molecule has 100 valence electrons. The van der Waals surface area contributed by atoms with E-state index in [0.29, 0.717) is 17.9 Å². The van der Waals surface area contributed by atoms with Crippen LogP contribution in [0.3, 0.4) is 0 Å². The number of carbonyl (C=O) groups is 1. The summed E-state index contributed by atoms with van der Waals surface area (Å²) in [5, 5.41) is 12.3. The Bertz CT molecular complexity index is 456. The number of methoxy groups -OCH3 is 1. The van der Waals surface area contributed by atoms with Gasteiger partial charge in [0.25, 0.3) is 0 Å². The molecule has 0 fully saturated rings. The number of rotatable bonds is 5. The lowest BCUT2D eigenvalue weighted by atomic mass is 10.1. The number of aryl methyl sites for hydroxylation is 2. The van der Waals surface area contributed by atoms with Gasteiger partial charge in [-0.15, -0.1) is 0 Å². The van der Waals surface area contributed by atoms with Crippen LogP contribution in [0.25, 0.3) is 0 Å². The maximum Gasteiger partial charge on any atom is 0.339 e. The van der Waals surface area contributed by atoms with Crippen LogP contribution >= 0.6 is 0 Å². The average molecular weight is 252 g/mol. The minimum atomic E-state index is -0.974. The number of carboxylic acids is 1. The molecule has 2 N–H and O–H groups in total. The molecule has 0 aliphatic heterocycles. The van der Waals surface area contributed by atoms with E-state index in [0.717, 1.165) is 5.69 Å². The zero-order valence-electron chi connectivity index (χ0n) is 11.5. The van der Waals surface area contributed by atoms with Crippen LogP contribution in [0.5, 0.6) is 0 Å².